The van der Waals surface area contributed by atoms with Crippen molar-refractivity contribution in [3.05, 3.63) is 69.8 Å². The van der Waals surface area contributed by atoms with Gasteiger partial charge in [-0.2, -0.15) is 0 Å². The number of hydrogen-bond donors (Lipinski definition) is 0. The molecule has 2 aromatic rings. The summed E-state index contributed by atoms with van der Waals surface area (Å²) in [7, 11) is 1.60. The Morgan fingerprint density at radius 2 is 1.96 bits per heavy atom. The Balaban J connectivity index is 1.97. The first kappa shape index (κ1) is 16.5. The zero-order valence-electron chi connectivity index (χ0n) is 13.1. The van der Waals surface area contributed by atoms with E-state index in [1.54, 1.807) is 13.1 Å². The maximum Gasteiger partial charge on any atom is 0.282 e. The molecule has 0 aliphatic carbocycles. The molecule has 0 heterocycles. The molecule has 0 fully saturated rings. The molecule has 0 radical (unpaired) electrons. The Kier molecular flexibility index (Phi) is 5.30. The van der Waals surface area contributed by atoms with Crippen molar-refractivity contribution < 1.29 is 14.5 Å². The van der Waals surface area contributed by atoms with Crippen LogP contribution in [-0.2, 0) is 0 Å². The fourth-order valence-electron chi connectivity index (χ4n) is 2.13. The predicted molar refractivity (Wildman–Crippen MR) is 86.7 cm³/mol. The summed E-state index contributed by atoms with van der Waals surface area (Å²) in [6, 6.07) is 13.5. The smallest absolute Gasteiger partial charge is 0.282 e. The van der Waals surface area contributed by atoms with Gasteiger partial charge in [-0.05, 0) is 30.7 Å². The van der Waals surface area contributed by atoms with Crippen molar-refractivity contribution in [1.82, 2.24) is 4.90 Å². The predicted octanol–water partition coefficient (Wildman–Crippen LogP) is 3.05. The van der Waals surface area contributed by atoms with Gasteiger partial charge in [0.25, 0.3) is 11.6 Å². The molecule has 0 spiro atoms. The Morgan fingerprint density at radius 3 is 2.65 bits per heavy atom. The van der Waals surface area contributed by atoms with Crippen LogP contribution in [-0.4, -0.2) is 35.9 Å². The highest BCUT2D eigenvalue weighted by molar-refractivity contribution is 5.97. The molecule has 1 amide bonds. The van der Waals surface area contributed by atoms with E-state index in [4.69, 9.17) is 4.74 Å². The van der Waals surface area contributed by atoms with Gasteiger partial charge in [-0.3, -0.25) is 14.9 Å². The maximum atomic E-state index is 12.3. The van der Waals surface area contributed by atoms with Gasteiger partial charge in [0.15, 0.2) is 0 Å². The van der Waals surface area contributed by atoms with Crippen LogP contribution in [0.4, 0.5) is 5.69 Å². The second-order valence-corrected chi connectivity index (χ2v) is 5.17. The van der Waals surface area contributed by atoms with Gasteiger partial charge in [-0.15, -0.1) is 0 Å². The standard InChI is InChI=1S/C17H18N2O4/c1-13-6-5-7-14(12-13)23-11-10-18(2)17(20)15-8-3-4-9-16(15)19(21)22/h3-9,12H,10-11H2,1-2H3. The Labute approximate surface area is 134 Å². The summed E-state index contributed by atoms with van der Waals surface area (Å²) in [6.07, 6.45) is 0. The number of amides is 1. The summed E-state index contributed by atoms with van der Waals surface area (Å²) in [4.78, 5) is 24.2. The van der Waals surface area contributed by atoms with Crippen LogP contribution in [0.5, 0.6) is 5.75 Å². The lowest BCUT2D eigenvalue weighted by molar-refractivity contribution is -0.385. The minimum absolute atomic E-state index is 0.0792. The third kappa shape index (κ3) is 4.29. The van der Waals surface area contributed by atoms with E-state index < -0.39 is 10.8 Å². The van der Waals surface area contributed by atoms with Crippen LogP contribution in [0.2, 0.25) is 0 Å². The normalized spacial score (nSPS) is 10.2. The number of nitro benzene ring substituents is 1. The Bertz CT molecular complexity index is 715. The fraction of sp³-hybridized carbons (Fsp3) is 0.235. The van der Waals surface area contributed by atoms with Gasteiger partial charge >= 0.3 is 0 Å². The maximum absolute atomic E-state index is 12.3. The van der Waals surface area contributed by atoms with Crippen LogP contribution in [0.1, 0.15) is 15.9 Å². The number of carbonyl (C=O) groups is 1. The number of benzene rings is 2. The van der Waals surface area contributed by atoms with Crippen LogP contribution in [0.25, 0.3) is 0 Å². The van der Waals surface area contributed by atoms with Crippen LogP contribution in [0.15, 0.2) is 48.5 Å². The third-order valence-corrected chi connectivity index (χ3v) is 3.36. The van der Waals surface area contributed by atoms with Crippen LogP contribution >= 0.6 is 0 Å². The number of likely N-dealkylation sites (N-methyl/N-ethyl adjacent to an activating group) is 1. The van der Waals surface area contributed by atoms with E-state index >= 15 is 0 Å². The second-order valence-electron chi connectivity index (χ2n) is 5.17. The molecule has 0 saturated carbocycles. The molecular formula is C17H18N2O4. The molecule has 6 heteroatoms. The van der Waals surface area contributed by atoms with E-state index in [1.807, 2.05) is 31.2 Å². The van der Waals surface area contributed by atoms with Gasteiger partial charge in [0.2, 0.25) is 0 Å². The number of rotatable bonds is 6. The minimum atomic E-state index is -0.551. The fourth-order valence-corrected chi connectivity index (χ4v) is 2.13. The van der Waals surface area contributed by atoms with Crippen molar-refractivity contribution in [2.45, 2.75) is 6.92 Å². The average molecular weight is 314 g/mol. The Morgan fingerprint density at radius 1 is 1.22 bits per heavy atom. The largest absolute Gasteiger partial charge is 0.492 e. The summed E-state index contributed by atoms with van der Waals surface area (Å²) in [5.41, 5.74) is 0.978. The molecule has 23 heavy (non-hydrogen) atoms. The number of para-hydroxylation sites is 1. The van der Waals surface area contributed by atoms with Crippen molar-refractivity contribution in [2.75, 3.05) is 20.2 Å². The van der Waals surface area contributed by atoms with Gasteiger partial charge in [0, 0.05) is 13.1 Å². The van der Waals surface area contributed by atoms with Gasteiger partial charge < -0.3 is 9.64 Å². The Hall–Kier alpha value is -2.89. The first-order valence-corrected chi connectivity index (χ1v) is 7.17. The lowest BCUT2D eigenvalue weighted by atomic mass is 10.1. The lowest BCUT2D eigenvalue weighted by Crippen LogP contribution is -2.31. The first-order valence-electron chi connectivity index (χ1n) is 7.17. The van der Waals surface area contributed by atoms with E-state index in [9.17, 15) is 14.9 Å². The van der Waals surface area contributed by atoms with E-state index in [2.05, 4.69) is 0 Å². The highest BCUT2D eigenvalue weighted by Crippen LogP contribution is 2.19. The summed E-state index contributed by atoms with van der Waals surface area (Å²) in [5.74, 6) is 0.335. The molecule has 0 aromatic heterocycles. The van der Waals surface area contributed by atoms with Crippen LogP contribution < -0.4 is 4.74 Å². The zero-order chi connectivity index (χ0) is 16.8. The van der Waals surface area contributed by atoms with Gasteiger partial charge in [0.05, 0.1) is 11.5 Å². The van der Waals surface area contributed by atoms with Crippen molar-refractivity contribution in [2.24, 2.45) is 0 Å². The van der Waals surface area contributed by atoms with Crippen LogP contribution in [0, 0.1) is 17.0 Å². The number of ether oxygens (including phenoxy) is 1. The first-order chi connectivity index (χ1) is 11.0. The summed E-state index contributed by atoms with van der Waals surface area (Å²) in [5, 5.41) is 11.0. The number of carbonyl (C=O) groups excluding carboxylic acids is 1. The summed E-state index contributed by atoms with van der Waals surface area (Å²) >= 11 is 0. The SMILES string of the molecule is Cc1cccc(OCCN(C)C(=O)c2ccccc2[N+](=O)[O-])c1. The van der Waals surface area contributed by atoms with E-state index in [1.165, 1.54) is 23.1 Å². The van der Waals surface area contributed by atoms with Gasteiger partial charge in [-0.25, -0.2) is 0 Å². The van der Waals surface area contributed by atoms with Gasteiger partial charge in [-0.1, -0.05) is 24.3 Å². The second kappa shape index (κ2) is 7.40. The number of aryl methyl sites for hydroxylation is 1. The molecule has 0 unspecified atom stereocenters. The molecule has 0 saturated heterocycles. The molecular weight excluding hydrogens is 296 g/mol. The number of nitrogens with zero attached hydrogens (tertiary/aromatic N) is 2. The third-order valence-electron chi connectivity index (χ3n) is 3.36. The van der Waals surface area contributed by atoms with E-state index in [0.717, 1.165) is 11.3 Å². The summed E-state index contributed by atoms with van der Waals surface area (Å²) in [6.45, 7) is 2.61. The molecule has 0 N–H and O–H groups in total. The molecule has 0 aliphatic rings. The minimum Gasteiger partial charge on any atom is -0.492 e. The molecule has 120 valence electrons. The highest BCUT2D eigenvalue weighted by atomic mass is 16.6. The quantitative estimate of drug-likeness (QED) is 0.607. The number of nitro groups is 1. The van der Waals surface area contributed by atoms with Crippen molar-refractivity contribution in [3.63, 3.8) is 0 Å². The van der Waals surface area contributed by atoms with Crippen molar-refractivity contribution in [1.29, 1.82) is 0 Å². The molecule has 6 nitrogen and oxygen atoms in total. The number of hydrogen-bond acceptors (Lipinski definition) is 4. The topological polar surface area (TPSA) is 72.7 Å². The van der Waals surface area contributed by atoms with Gasteiger partial charge in [0.1, 0.15) is 17.9 Å². The molecule has 2 rings (SSSR count). The average Bonchev–Trinajstić information content (AvgIpc) is 2.54. The van der Waals surface area contributed by atoms with E-state index in [0.29, 0.717) is 13.2 Å². The van der Waals surface area contributed by atoms with E-state index in [-0.39, 0.29) is 11.3 Å². The lowest BCUT2D eigenvalue weighted by Gasteiger charge is -2.17. The molecule has 2 aromatic carbocycles. The van der Waals surface area contributed by atoms with Crippen LogP contribution in [0.3, 0.4) is 0 Å². The zero-order valence-corrected chi connectivity index (χ0v) is 13.1. The molecule has 0 aliphatic heterocycles. The molecule has 0 bridgehead atoms. The van der Waals surface area contributed by atoms with Crippen molar-refractivity contribution in [3.8, 4) is 5.75 Å². The highest BCUT2D eigenvalue weighted by Gasteiger charge is 2.21. The monoisotopic (exact) mass is 314 g/mol. The molecule has 0 atom stereocenters. The van der Waals surface area contributed by atoms with Crippen molar-refractivity contribution >= 4 is 11.6 Å². The summed E-state index contributed by atoms with van der Waals surface area (Å²) < 4.78 is 5.59.